The number of rotatable bonds is 6. The van der Waals surface area contributed by atoms with Crippen LogP contribution in [0.5, 0.6) is 11.5 Å². The summed E-state index contributed by atoms with van der Waals surface area (Å²) >= 11 is 0. The van der Waals surface area contributed by atoms with Gasteiger partial charge in [0.25, 0.3) is 15.9 Å². The fourth-order valence-electron chi connectivity index (χ4n) is 3.69. The highest BCUT2D eigenvalue weighted by Crippen LogP contribution is 2.38. The minimum atomic E-state index is -4.03. The van der Waals surface area contributed by atoms with Gasteiger partial charge in [-0.25, -0.2) is 13.2 Å². The van der Waals surface area contributed by atoms with Crippen molar-refractivity contribution in [2.24, 2.45) is 0 Å². The number of amides is 1. The summed E-state index contributed by atoms with van der Waals surface area (Å²) in [7, 11) is -1.30. The molecule has 0 radical (unpaired) electrons. The van der Waals surface area contributed by atoms with Gasteiger partial charge >= 0.3 is 5.97 Å². The third-order valence-electron chi connectivity index (χ3n) is 5.51. The molecule has 9 nitrogen and oxygen atoms in total. The van der Waals surface area contributed by atoms with Gasteiger partial charge in [0.1, 0.15) is 11.5 Å². The molecule has 3 aromatic carbocycles. The summed E-state index contributed by atoms with van der Waals surface area (Å²) in [5.41, 5.74) is 1.55. The van der Waals surface area contributed by atoms with E-state index in [4.69, 9.17) is 14.2 Å². The summed E-state index contributed by atoms with van der Waals surface area (Å²) in [6.07, 6.45) is -1.18. The van der Waals surface area contributed by atoms with Crippen LogP contribution in [0.25, 0.3) is 0 Å². The maximum absolute atomic E-state index is 13.6. The van der Waals surface area contributed by atoms with E-state index >= 15 is 0 Å². The Morgan fingerprint density at radius 3 is 2.43 bits per heavy atom. The molecule has 1 amide bonds. The van der Waals surface area contributed by atoms with E-state index in [0.717, 1.165) is 9.87 Å². The average molecular weight is 497 g/mol. The number of ether oxygens (including phenoxy) is 3. The number of anilines is 2. The average Bonchev–Trinajstić information content (AvgIpc) is 2.87. The Balaban J connectivity index is 1.69. The van der Waals surface area contributed by atoms with Gasteiger partial charge in [0.15, 0.2) is 6.10 Å². The molecule has 1 atom stereocenters. The molecule has 1 aliphatic rings. The number of aryl methyl sites for hydroxylation is 1. The first-order valence-corrected chi connectivity index (χ1v) is 12.1. The first-order valence-electron chi connectivity index (χ1n) is 10.7. The van der Waals surface area contributed by atoms with Crippen LogP contribution in [-0.2, 0) is 19.6 Å². The van der Waals surface area contributed by atoms with Gasteiger partial charge < -0.3 is 19.5 Å². The molecule has 35 heavy (non-hydrogen) atoms. The van der Waals surface area contributed by atoms with Crippen molar-refractivity contribution in [2.45, 2.75) is 17.9 Å². The number of methoxy groups -OCH3 is 2. The molecule has 1 aliphatic heterocycles. The minimum Gasteiger partial charge on any atom is -0.497 e. The number of carbonyl (C=O) groups is 2. The molecule has 3 aromatic rings. The number of esters is 1. The number of hydrogen-bond acceptors (Lipinski definition) is 7. The number of nitrogens with one attached hydrogen (secondary N) is 1. The number of hydrogen-bond donors (Lipinski definition) is 1. The number of sulfonamides is 1. The van der Waals surface area contributed by atoms with Crippen molar-refractivity contribution in [3.8, 4) is 11.5 Å². The van der Waals surface area contributed by atoms with E-state index in [-0.39, 0.29) is 28.4 Å². The molecule has 182 valence electrons. The number of nitrogens with zero attached hydrogens (tertiary/aromatic N) is 1. The molecule has 10 heteroatoms. The van der Waals surface area contributed by atoms with E-state index in [1.54, 1.807) is 48.5 Å². The second-order valence-corrected chi connectivity index (χ2v) is 9.68. The largest absolute Gasteiger partial charge is 0.497 e. The summed E-state index contributed by atoms with van der Waals surface area (Å²) in [5, 5.41) is 2.66. The smallest absolute Gasteiger partial charge is 0.339 e. The summed E-state index contributed by atoms with van der Waals surface area (Å²) in [4.78, 5) is 25.3. The molecule has 0 saturated carbocycles. The van der Waals surface area contributed by atoms with Crippen LogP contribution in [0.3, 0.4) is 0 Å². The Morgan fingerprint density at radius 2 is 1.74 bits per heavy atom. The number of benzene rings is 3. The van der Waals surface area contributed by atoms with Crippen LogP contribution < -0.4 is 19.1 Å². The zero-order valence-corrected chi connectivity index (χ0v) is 20.2. The number of para-hydroxylation sites is 1. The Morgan fingerprint density at radius 1 is 1.03 bits per heavy atom. The lowest BCUT2D eigenvalue weighted by Gasteiger charge is -2.35. The van der Waals surface area contributed by atoms with Crippen molar-refractivity contribution in [2.75, 3.05) is 30.4 Å². The standard InChI is InChI=1S/C25H24N2O7S/c1-16-8-13-21-22(14-16)34-23(24(28)26-20-7-5-4-6-19(20)25(29)33-3)15-27(21)35(30,31)18-11-9-17(32-2)10-12-18/h4-14,23H,15H2,1-3H3,(H,26,28). The van der Waals surface area contributed by atoms with Crippen LogP contribution in [0.1, 0.15) is 15.9 Å². The van der Waals surface area contributed by atoms with Crippen LogP contribution in [0, 0.1) is 6.92 Å². The zero-order chi connectivity index (χ0) is 25.2. The summed E-state index contributed by atoms with van der Waals surface area (Å²) in [6.45, 7) is 1.57. The first kappa shape index (κ1) is 24.1. The van der Waals surface area contributed by atoms with Gasteiger partial charge in [-0.2, -0.15) is 0 Å². The fourth-order valence-corrected chi connectivity index (χ4v) is 5.17. The van der Waals surface area contributed by atoms with E-state index in [1.165, 1.54) is 32.4 Å². The van der Waals surface area contributed by atoms with Gasteiger partial charge in [-0.3, -0.25) is 9.10 Å². The van der Waals surface area contributed by atoms with Gasteiger partial charge in [-0.1, -0.05) is 18.2 Å². The lowest BCUT2D eigenvalue weighted by atomic mass is 10.1. The molecule has 0 spiro atoms. The van der Waals surface area contributed by atoms with Crippen molar-refractivity contribution in [3.63, 3.8) is 0 Å². The highest BCUT2D eigenvalue weighted by atomic mass is 32.2. The molecule has 4 rings (SSSR count). The molecular formula is C25H24N2O7S. The maximum atomic E-state index is 13.6. The van der Waals surface area contributed by atoms with Gasteiger partial charge in [-0.05, 0) is 61.0 Å². The van der Waals surface area contributed by atoms with E-state index in [2.05, 4.69) is 5.32 Å². The Kier molecular flexibility index (Phi) is 6.65. The predicted molar refractivity (Wildman–Crippen MR) is 130 cm³/mol. The predicted octanol–water partition coefficient (Wildman–Crippen LogP) is 3.39. The van der Waals surface area contributed by atoms with Gasteiger partial charge in [0.2, 0.25) is 0 Å². The van der Waals surface area contributed by atoms with Gasteiger partial charge in [-0.15, -0.1) is 0 Å². The van der Waals surface area contributed by atoms with Gasteiger partial charge in [0, 0.05) is 0 Å². The molecule has 1 N–H and O–H groups in total. The SMILES string of the molecule is COC(=O)c1ccccc1NC(=O)C1CN(S(=O)(=O)c2ccc(OC)cc2)c2ccc(C)cc2O1. The Hall–Kier alpha value is -4.05. The highest BCUT2D eigenvalue weighted by molar-refractivity contribution is 7.92. The Labute approximate surface area is 203 Å². The highest BCUT2D eigenvalue weighted by Gasteiger charge is 2.38. The van der Waals surface area contributed by atoms with E-state index in [0.29, 0.717) is 11.4 Å². The van der Waals surface area contributed by atoms with Crippen LogP contribution >= 0.6 is 0 Å². The van der Waals surface area contributed by atoms with Crippen LogP contribution in [-0.4, -0.2) is 47.2 Å². The summed E-state index contributed by atoms with van der Waals surface area (Å²) < 4.78 is 44.1. The molecule has 0 saturated heterocycles. The van der Waals surface area contributed by atoms with Crippen molar-refractivity contribution in [1.29, 1.82) is 0 Å². The summed E-state index contributed by atoms with van der Waals surface area (Å²) in [5.74, 6) is -0.447. The molecule has 0 aromatic heterocycles. The lowest BCUT2D eigenvalue weighted by Crippen LogP contribution is -2.49. The minimum absolute atomic E-state index is 0.0434. The second kappa shape index (κ2) is 9.67. The monoisotopic (exact) mass is 496 g/mol. The third kappa shape index (κ3) is 4.78. The molecule has 0 fully saturated rings. The van der Waals surface area contributed by atoms with Crippen molar-refractivity contribution < 1.29 is 32.2 Å². The van der Waals surface area contributed by atoms with Crippen molar-refractivity contribution in [3.05, 3.63) is 77.9 Å². The van der Waals surface area contributed by atoms with E-state index in [1.807, 2.05) is 6.92 Å². The molecule has 1 heterocycles. The molecule has 0 bridgehead atoms. The molecule has 1 unspecified atom stereocenters. The number of carbonyl (C=O) groups excluding carboxylic acids is 2. The maximum Gasteiger partial charge on any atom is 0.339 e. The van der Waals surface area contributed by atoms with Crippen molar-refractivity contribution in [1.82, 2.24) is 0 Å². The molecule has 0 aliphatic carbocycles. The molecular weight excluding hydrogens is 472 g/mol. The third-order valence-corrected chi connectivity index (χ3v) is 7.31. The number of fused-ring (bicyclic) bond motifs is 1. The lowest BCUT2D eigenvalue weighted by molar-refractivity contribution is -0.122. The normalized spacial score (nSPS) is 14.9. The van der Waals surface area contributed by atoms with Crippen LogP contribution in [0.2, 0.25) is 0 Å². The van der Waals surface area contributed by atoms with E-state index in [9.17, 15) is 18.0 Å². The first-order chi connectivity index (χ1) is 16.7. The topological polar surface area (TPSA) is 111 Å². The fraction of sp³-hybridized carbons (Fsp3) is 0.200. The summed E-state index contributed by atoms with van der Waals surface area (Å²) in [6, 6.07) is 17.4. The Bertz CT molecular complexity index is 1370. The van der Waals surface area contributed by atoms with Crippen LogP contribution in [0.15, 0.2) is 71.6 Å². The van der Waals surface area contributed by atoms with Crippen LogP contribution in [0.4, 0.5) is 11.4 Å². The van der Waals surface area contributed by atoms with Gasteiger partial charge in [0.05, 0.1) is 42.6 Å². The zero-order valence-electron chi connectivity index (χ0n) is 19.3. The quantitative estimate of drug-likeness (QED) is 0.521. The van der Waals surface area contributed by atoms with E-state index < -0.39 is 28.0 Å². The van der Waals surface area contributed by atoms with Crippen molar-refractivity contribution >= 4 is 33.3 Å². The second-order valence-electron chi connectivity index (χ2n) is 7.82.